The third-order valence-corrected chi connectivity index (χ3v) is 4.57. The monoisotopic (exact) mass is 373 g/mol. The molecule has 0 aliphatic carbocycles. The first-order valence-corrected chi connectivity index (χ1v) is 9.06. The van der Waals surface area contributed by atoms with Gasteiger partial charge < -0.3 is 24.1 Å². The molecule has 0 radical (unpaired) electrons. The molecule has 0 saturated heterocycles. The van der Waals surface area contributed by atoms with Crippen LogP contribution in [-0.4, -0.2) is 39.3 Å². The van der Waals surface area contributed by atoms with E-state index >= 15 is 0 Å². The van der Waals surface area contributed by atoms with Crippen molar-refractivity contribution in [3.63, 3.8) is 0 Å². The van der Waals surface area contributed by atoms with Crippen molar-refractivity contribution in [1.82, 2.24) is 5.32 Å². The highest BCUT2D eigenvalue weighted by Crippen LogP contribution is 2.11. The maximum Gasteiger partial charge on any atom is 0.258 e. The van der Waals surface area contributed by atoms with Crippen molar-refractivity contribution in [2.24, 2.45) is 0 Å². The fraction of sp³-hybridized carbons (Fsp3) is 0.400. The molecule has 7 nitrogen and oxygen atoms in total. The predicted molar refractivity (Wildman–Crippen MR) is 98.7 cm³/mol. The Hall–Kier alpha value is -2.64. The normalized spacial score (nSPS) is 15.8. The second-order valence-corrected chi connectivity index (χ2v) is 6.58. The minimum Gasteiger partial charge on any atom is -0.477 e. The molecule has 7 heteroatoms. The molecular weight excluding hydrogens is 348 g/mol. The van der Waals surface area contributed by atoms with Gasteiger partial charge in [-0.2, -0.15) is 0 Å². The largest absolute Gasteiger partial charge is 0.477 e. The summed E-state index contributed by atoms with van der Waals surface area (Å²) in [6.45, 7) is 3.14. The van der Waals surface area contributed by atoms with Gasteiger partial charge in [0.15, 0.2) is 12.4 Å². The van der Waals surface area contributed by atoms with E-state index in [1.54, 1.807) is 7.11 Å². The number of hydrogen-bond acceptors (Lipinski definition) is 5. The number of rotatable bonds is 8. The first kappa shape index (κ1) is 19.1. The highest BCUT2D eigenvalue weighted by molar-refractivity contribution is 5.77. The molecule has 144 valence electrons. The Kier molecular flexibility index (Phi) is 6.62. The topological polar surface area (TPSA) is 82.2 Å². The minimum atomic E-state index is -0.313. The Morgan fingerprint density at radius 2 is 2.11 bits per heavy atom. The average molecular weight is 373 g/mol. The fourth-order valence-electron chi connectivity index (χ4n) is 3.16. The van der Waals surface area contributed by atoms with Gasteiger partial charge in [0.05, 0.1) is 13.2 Å². The number of quaternary nitrogens is 1. The summed E-state index contributed by atoms with van der Waals surface area (Å²) in [5.41, 5.74) is 2.47. The molecule has 0 fully saturated rings. The lowest BCUT2D eigenvalue weighted by Crippen LogP contribution is -3.10. The van der Waals surface area contributed by atoms with Gasteiger partial charge in [0.25, 0.3) is 5.91 Å². The maximum atomic E-state index is 12.2. The average Bonchev–Trinajstić information content (AvgIpc) is 2.67. The van der Waals surface area contributed by atoms with Crippen LogP contribution in [0.4, 0.5) is 0 Å². The van der Waals surface area contributed by atoms with Crippen LogP contribution in [0.3, 0.4) is 0 Å². The van der Waals surface area contributed by atoms with Crippen molar-refractivity contribution in [3.05, 3.63) is 63.7 Å². The number of methoxy groups -OCH3 is 1. The van der Waals surface area contributed by atoms with E-state index < -0.39 is 0 Å². The summed E-state index contributed by atoms with van der Waals surface area (Å²) in [6, 6.07) is 9.90. The van der Waals surface area contributed by atoms with Gasteiger partial charge in [0.2, 0.25) is 11.2 Å². The Morgan fingerprint density at radius 3 is 2.89 bits per heavy atom. The van der Waals surface area contributed by atoms with Gasteiger partial charge in [-0.1, -0.05) is 24.3 Å². The third-order valence-electron chi connectivity index (χ3n) is 4.57. The summed E-state index contributed by atoms with van der Waals surface area (Å²) < 4.78 is 15.7. The van der Waals surface area contributed by atoms with Gasteiger partial charge in [-0.25, -0.2) is 0 Å². The molecule has 0 spiro atoms. The molecule has 3 rings (SSSR count). The number of amides is 1. The van der Waals surface area contributed by atoms with E-state index in [4.69, 9.17) is 13.9 Å². The molecular formula is C20H25N2O5+. The number of benzene rings is 1. The van der Waals surface area contributed by atoms with Crippen molar-refractivity contribution in [1.29, 1.82) is 0 Å². The molecule has 1 atom stereocenters. The quantitative estimate of drug-likeness (QED) is 0.633. The molecule has 1 aromatic carbocycles. The summed E-state index contributed by atoms with van der Waals surface area (Å²) in [5.74, 6) is 0.345. The summed E-state index contributed by atoms with van der Waals surface area (Å²) in [7, 11) is 1.56. The van der Waals surface area contributed by atoms with Crippen LogP contribution < -0.4 is 20.4 Å². The predicted octanol–water partition coefficient (Wildman–Crippen LogP) is -0.0776. The molecule has 0 bridgehead atoms. The van der Waals surface area contributed by atoms with Crippen LogP contribution in [0.25, 0.3) is 0 Å². The first-order valence-electron chi connectivity index (χ1n) is 9.06. The molecule has 1 unspecified atom stereocenters. The molecule has 1 amide bonds. The molecule has 27 heavy (non-hydrogen) atoms. The van der Waals surface area contributed by atoms with E-state index in [0.717, 1.165) is 19.5 Å². The summed E-state index contributed by atoms with van der Waals surface area (Å²) in [5, 5.41) is 2.62. The van der Waals surface area contributed by atoms with E-state index in [9.17, 15) is 9.59 Å². The molecule has 2 N–H and O–H groups in total. The molecule has 1 aromatic heterocycles. The molecule has 1 aliphatic rings. The standard InChI is InChI=1S/C20H24N2O5/c1-25-9-7-21-20(24)14-27-19-13-26-17(10-18(19)23)12-22-8-6-15-4-2-3-5-16(15)11-22/h2-5,10,13H,6-9,11-12,14H2,1H3,(H,21,24)/p+1. The van der Waals surface area contributed by atoms with Crippen molar-refractivity contribution >= 4 is 5.91 Å². The Balaban J connectivity index is 1.53. The number of fused-ring (bicyclic) bond motifs is 1. The summed E-state index contributed by atoms with van der Waals surface area (Å²) in [6.07, 6.45) is 2.31. The molecule has 2 heterocycles. The van der Waals surface area contributed by atoms with E-state index in [-0.39, 0.29) is 23.7 Å². The Morgan fingerprint density at radius 1 is 1.30 bits per heavy atom. The van der Waals surface area contributed by atoms with Crippen LogP contribution in [0.5, 0.6) is 5.75 Å². The van der Waals surface area contributed by atoms with Crippen molar-refractivity contribution in [3.8, 4) is 5.75 Å². The second-order valence-electron chi connectivity index (χ2n) is 6.58. The van der Waals surface area contributed by atoms with Crippen LogP contribution in [-0.2, 0) is 29.0 Å². The third kappa shape index (κ3) is 5.42. The Bertz CT molecular complexity index is 833. The van der Waals surface area contributed by atoms with Crippen molar-refractivity contribution in [2.75, 3.05) is 33.4 Å². The van der Waals surface area contributed by atoms with E-state index in [1.165, 1.54) is 28.4 Å². The minimum absolute atomic E-state index is 0.0413. The van der Waals surface area contributed by atoms with Gasteiger partial charge in [0.1, 0.15) is 19.4 Å². The smallest absolute Gasteiger partial charge is 0.258 e. The first-order chi connectivity index (χ1) is 13.2. The SMILES string of the molecule is COCCNC(=O)COc1coc(C[NH+]2CCc3ccccc3C2)cc1=O. The lowest BCUT2D eigenvalue weighted by atomic mass is 10.00. The van der Waals surface area contributed by atoms with Gasteiger partial charge in [-0.3, -0.25) is 9.59 Å². The zero-order valence-electron chi connectivity index (χ0n) is 15.5. The van der Waals surface area contributed by atoms with E-state index in [2.05, 4.69) is 29.6 Å². The lowest BCUT2D eigenvalue weighted by molar-refractivity contribution is -0.930. The number of nitrogens with one attached hydrogen (secondary N) is 2. The number of ether oxygens (including phenoxy) is 2. The maximum absolute atomic E-state index is 12.2. The van der Waals surface area contributed by atoms with Crippen molar-refractivity contribution in [2.45, 2.75) is 19.5 Å². The molecule has 0 saturated carbocycles. The highest BCUT2D eigenvalue weighted by Gasteiger charge is 2.20. The van der Waals surface area contributed by atoms with Crippen LogP contribution in [0.15, 0.2) is 45.8 Å². The van der Waals surface area contributed by atoms with Crippen LogP contribution in [0.2, 0.25) is 0 Å². The molecule has 1 aliphatic heterocycles. The van der Waals surface area contributed by atoms with Crippen LogP contribution in [0, 0.1) is 0 Å². The zero-order chi connectivity index (χ0) is 19.1. The van der Waals surface area contributed by atoms with Crippen LogP contribution in [0.1, 0.15) is 16.9 Å². The van der Waals surface area contributed by atoms with Crippen LogP contribution >= 0.6 is 0 Å². The van der Waals surface area contributed by atoms with E-state index in [1.807, 2.05) is 0 Å². The number of carbonyl (C=O) groups excluding carboxylic acids is 1. The lowest BCUT2D eigenvalue weighted by Gasteiger charge is -2.25. The molecule has 2 aromatic rings. The van der Waals surface area contributed by atoms with Gasteiger partial charge in [0, 0.05) is 31.7 Å². The summed E-state index contributed by atoms with van der Waals surface area (Å²) >= 11 is 0. The highest BCUT2D eigenvalue weighted by atomic mass is 16.5. The fourth-order valence-corrected chi connectivity index (χ4v) is 3.16. The zero-order valence-corrected chi connectivity index (χ0v) is 15.5. The van der Waals surface area contributed by atoms with Gasteiger partial charge in [-0.05, 0) is 5.56 Å². The van der Waals surface area contributed by atoms with Gasteiger partial charge >= 0.3 is 0 Å². The number of carbonyl (C=O) groups is 1. The van der Waals surface area contributed by atoms with Gasteiger partial charge in [-0.15, -0.1) is 0 Å². The number of hydrogen-bond donors (Lipinski definition) is 2. The van der Waals surface area contributed by atoms with Crippen molar-refractivity contribution < 1.29 is 23.6 Å². The second kappa shape index (κ2) is 9.34. The summed E-state index contributed by atoms with van der Waals surface area (Å²) in [4.78, 5) is 25.2. The van der Waals surface area contributed by atoms with E-state index in [0.29, 0.717) is 25.5 Å². The Labute approximate surface area is 157 Å².